The quantitative estimate of drug-likeness (QED) is 0.581. The SMILES string of the molecule is Cn1c(=O)n(C)c2cc(NC(=O)Oc3ccc([N+](=O)[O-])cc3)ccc21. The molecule has 0 bridgehead atoms. The third-order valence-corrected chi connectivity index (χ3v) is 3.78. The van der Waals surface area contributed by atoms with Gasteiger partial charge in [0.05, 0.1) is 16.0 Å². The first kappa shape index (κ1) is 16.2. The number of benzene rings is 2. The zero-order valence-corrected chi connectivity index (χ0v) is 13.4. The van der Waals surface area contributed by atoms with E-state index in [2.05, 4.69) is 5.32 Å². The molecule has 3 aromatic rings. The molecule has 0 aliphatic rings. The number of aryl methyl sites for hydroxylation is 2. The minimum Gasteiger partial charge on any atom is -0.410 e. The van der Waals surface area contributed by atoms with E-state index in [9.17, 15) is 19.7 Å². The van der Waals surface area contributed by atoms with Crippen LogP contribution in [0.3, 0.4) is 0 Å². The van der Waals surface area contributed by atoms with E-state index in [4.69, 9.17) is 4.74 Å². The molecule has 0 fully saturated rings. The molecule has 9 nitrogen and oxygen atoms in total. The van der Waals surface area contributed by atoms with Gasteiger partial charge in [-0.05, 0) is 30.3 Å². The summed E-state index contributed by atoms with van der Waals surface area (Å²) in [6.45, 7) is 0. The van der Waals surface area contributed by atoms with Crippen LogP contribution >= 0.6 is 0 Å². The number of carbonyl (C=O) groups excluding carboxylic acids is 1. The summed E-state index contributed by atoms with van der Waals surface area (Å²) in [7, 11) is 3.31. The Bertz CT molecular complexity index is 1030. The molecule has 0 aliphatic carbocycles. The monoisotopic (exact) mass is 342 g/mol. The maximum Gasteiger partial charge on any atom is 0.417 e. The van der Waals surface area contributed by atoms with Crippen molar-refractivity contribution in [3.8, 4) is 5.75 Å². The minimum atomic E-state index is -0.742. The number of nitrogens with one attached hydrogen (secondary N) is 1. The Balaban J connectivity index is 1.76. The Morgan fingerprint density at radius 2 is 1.72 bits per heavy atom. The van der Waals surface area contributed by atoms with E-state index >= 15 is 0 Å². The normalized spacial score (nSPS) is 10.6. The van der Waals surface area contributed by atoms with E-state index in [1.165, 1.54) is 33.4 Å². The lowest BCUT2D eigenvalue weighted by atomic mass is 10.2. The second-order valence-electron chi connectivity index (χ2n) is 5.37. The second kappa shape index (κ2) is 6.11. The highest BCUT2D eigenvalue weighted by Crippen LogP contribution is 2.20. The predicted octanol–water partition coefficient (Wildman–Crippen LogP) is 2.40. The summed E-state index contributed by atoms with van der Waals surface area (Å²) < 4.78 is 8.06. The second-order valence-corrected chi connectivity index (χ2v) is 5.37. The number of nitro benzene ring substituents is 1. The van der Waals surface area contributed by atoms with Crippen LogP contribution in [0.4, 0.5) is 16.2 Å². The Morgan fingerprint density at radius 3 is 2.36 bits per heavy atom. The highest BCUT2D eigenvalue weighted by atomic mass is 16.6. The van der Waals surface area contributed by atoms with Crippen molar-refractivity contribution in [2.45, 2.75) is 0 Å². The van der Waals surface area contributed by atoms with Gasteiger partial charge in [-0.2, -0.15) is 0 Å². The number of hydrogen-bond acceptors (Lipinski definition) is 5. The summed E-state index contributed by atoms with van der Waals surface area (Å²) >= 11 is 0. The molecule has 9 heteroatoms. The molecule has 0 saturated carbocycles. The fraction of sp³-hybridized carbons (Fsp3) is 0.125. The molecule has 25 heavy (non-hydrogen) atoms. The lowest BCUT2D eigenvalue weighted by Crippen LogP contribution is -2.19. The maximum absolute atomic E-state index is 12.0. The summed E-state index contributed by atoms with van der Waals surface area (Å²) in [5.74, 6) is 0.177. The number of aromatic nitrogens is 2. The molecule has 0 spiro atoms. The summed E-state index contributed by atoms with van der Waals surface area (Å²) in [5, 5.41) is 13.2. The third kappa shape index (κ3) is 3.07. The van der Waals surface area contributed by atoms with Gasteiger partial charge in [-0.15, -0.1) is 0 Å². The van der Waals surface area contributed by atoms with Gasteiger partial charge in [0, 0.05) is 31.9 Å². The van der Waals surface area contributed by atoms with Crippen LogP contribution in [0.2, 0.25) is 0 Å². The topological polar surface area (TPSA) is 108 Å². The maximum atomic E-state index is 12.0. The Labute approximate surface area is 141 Å². The first-order chi connectivity index (χ1) is 11.9. The molecular formula is C16H14N4O5. The molecular weight excluding hydrogens is 328 g/mol. The van der Waals surface area contributed by atoms with Gasteiger partial charge in [0.15, 0.2) is 0 Å². The van der Waals surface area contributed by atoms with Crippen molar-refractivity contribution in [3.05, 3.63) is 63.1 Å². The number of imidazole rings is 1. The molecule has 128 valence electrons. The van der Waals surface area contributed by atoms with Gasteiger partial charge in [0.2, 0.25) is 0 Å². The van der Waals surface area contributed by atoms with Crippen LogP contribution < -0.4 is 15.7 Å². The smallest absolute Gasteiger partial charge is 0.410 e. The Hall–Kier alpha value is -3.62. The fourth-order valence-electron chi connectivity index (χ4n) is 2.47. The number of rotatable bonds is 3. The summed E-state index contributed by atoms with van der Waals surface area (Å²) in [5.41, 5.74) is 1.60. The van der Waals surface area contributed by atoms with Crippen molar-refractivity contribution in [2.24, 2.45) is 14.1 Å². The van der Waals surface area contributed by atoms with Crippen molar-refractivity contribution in [1.82, 2.24) is 9.13 Å². The van der Waals surface area contributed by atoms with Crippen LogP contribution in [0.25, 0.3) is 11.0 Å². The summed E-state index contributed by atoms with van der Waals surface area (Å²) in [6, 6.07) is 10.2. The van der Waals surface area contributed by atoms with Crippen LogP contribution in [-0.4, -0.2) is 20.2 Å². The Morgan fingerprint density at radius 1 is 1.08 bits per heavy atom. The van der Waals surface area contributed by atoms with Crippen molar-refractivity contribution in [2.75, 3.05) is 5.32 Å². The van der Waals surface area contributed by atoms with E-state index in [1.807, 2.05) is 0 Å². The number of carbonyl (C=O) groups is 1. The lowest BCUT2D eigenvalue weighted by molar-refractivity contribution is -0.384. The largest absolute Gasteiger partial charge is 0.417 e. The molecule has 0 radical (unpaired) electrons. The number of ether oxygens (including phenoxy) is 1. The van der Waals surface area contributed by atoms with Crippen molar-refractivity contribution in [3.63, 3.8) is 0 Å². The van der Waals surface area contributed by atoms with E-state index in [0.29, 0.717) is 11.2 Å². The van der Waals surface area contributed by atoms with E-state index in [1.54, 1.807) is 32.3 Å². The van der Waals surface area contributed by atoms with E-state index in [0.717, 1.165) is 5.52 Å². The molecule has 1 N–H and O–H groups in total. The molecule has 0 aliphatic heterocycles. The molecule has 0 atom stereocenters. The van der Waals surface area contributed by atoms with E-state index in [-0.39, 0.29) is 17.1 Å². The van der Waals surface area contributed by atoms with Crippen molar-refractivity contribution in [1.29, 1.82) is 0 Å². The summed E-state index contributed by atoms with van der Waals surface area (Å²) in [4.78, 5) is 33.9. The molecule has 3 rings (SSSR count). The minimum absolute atomic E-state index is 0.0943. The molecule has 1 heterocycles. The van der Waals surface area contributed by atoms with Crippen LogP contribution in [-0.2, 0) is 14.1 Å². The average Bonchev–Trinajstić information content (AvgIpc) is 2.79. The Kier molecular flexibility index (Phi) is 3.97. The van der Waals surface area contributed by atoms with E-state index < -0.39 is 11.0 Å². The van der Waals surface area contributed by atoms with Gasteiger partial charge in [-0.1, -0.05) is 0 Å². The zero-order valence-electron chi connectivity index (χ0n) is 13.4. The van der Waals surface area contributed by atoms with Gasteiger partial charge >= 0.3 is 11.8 Å². The number of anilines is 1. The number of non-ortho nitro benzene ring substituents is 1. The fourth-order valence-corrected chi connectivity index (χ4v) is 2.47. The van der Waals surface area contributed by atoms with Gasteiger partial charge in [0.25, 0.3) is 5.69 Å². The van der Waals surface area contributed by atoms with Crippen molar-refractivity contribution < 1.29 is 14.5 Å². The molecule has 0 unspecified atom stereocenters. The van der Waals surface area contributed by atoms with Gasteiger partial charge in [0.1, 0.15) is 5.75 Å². The number of nitro groups is 1. The van der Waals surface area contributed by atoms with Gasteiger partial charge in [-0.25, -0.2) is 9.59 Å². The molecule has 1 aromatic heterocycles. The van der Waals surface area contributed by atoms with Crippen LogP contribution in [0, 0.1) is 10.1 Å². The highest BCUT2D eigenvalue weighted by molar-refractivity contribution is 5.90. The number of fused-ring (bicyclic) bond motifs is 1. The summed E-state index contributed by atoms with van der Waals surface area (Å²) in [6.07, 6.45) is -0.742. The number of hydrogen-bond donors (Lipinski definition) is 1. The number of amides is 1. The van der Waals surface area contributed by atoms with Crippen LogP contribution in [0.1, 0.15) is 0 Å². The van der Waals surface area contributed by atoms with Crippen LogP contribution in [0.5, 0.6) is 5.75 Å². The predicted molar refractivity (Wildman–Crippen MR) is 90.9 cm³/mol. The average molecular weight is 342 g/mol. The lowest BCUT2D eigenvalue weighted by Gasteiger charge is -2.07. The van der Waals surface area contributed by atoms with Gasteiger partial charge in [-0.3, -0.25) is 24.6 Å². The molecule has 2 aromatic carbocycles. The zero-order chi connectivity index (χ0) is 18.1. The highest BCUT2D eigenvalue weighted by Gasteiger charge is 2.11. The first-order valence-electron chi connectivity index (χ1n) is 7.25. The standard InChI is InChI=1S/C16H14N4O5/c1-18-13-8-3-10(9-14(13)19(2)16(18)22)17-15(21)25-12-6-4-11(5-7-12)20(23)24/h3-9H,1-2H3,(H,17,21). The third-order valence-electron chi connectivity index (χ3n) is 3.78. The van der Waals surface area contributed by atoms with Crippen molar-refractivity contribution >= 4 is 28.5 Å². The first-order valence-corrected chi connectivity index (χ1v) is 7.25. The number of nitrogens with zero attached hydrogens (tertiary/aromatic N) is 3. The van der Waals surface area contributed by atoms with Crippen LogP contribution in [0.15, 0.2) is 47.3 Å². The molecule has 0 saturated heterocycles. The molecule has 1 amide bonds. The van der Waals surface area contributed by atoms with Gasteiger partial charge < -0.3 is 4.74 Å².